The number of ether oxygens (including phenoxy) is 1. The van der Waals surface area contributed by atoms with E-state index in [1.807, 2.05) is 6.92 Å². The van der Waals surface area contributed by atoms with Crippen molar-refractivity contribution in [3.63, 3.8) is 0 Å². The van der Waals surface area contributed by atoms with Gasteiger partial charge in [-0.2, -0.15) is 13.2 Å². The topological polar surface area (TPSA) is 51.2 Å². The largest absolute Gasteiger partial charge is 0.434 e. The van der Waals surface area contributed by atoms with Crippen molar-refractivity contribution in [1.82, 2.24) is 10.3 Å². The molecule has 1 atom stereocenters. The van der Waals surface area contributed by atoms with Gasteiger partial charge in [0.05, 0.1) is 5.01 Å². The van der Waals surface area contributed by atoms with Crippen molar-refractivity contribution >= 4 is 17.2 Å². The fourth-order valence-corrected chi connectivity index (χ4v) is 3.24. The number of hydrogen-bond donors (Lipinski definition) is 1. The zero-order valence-electron chi connectivity index (χ0n) is 12.3. The van der Waals surface area contributed by atoms with E-state index in [9.17, 15) is 18.0 Å². The highest BCUT2D eigenvalue weighted by Gasteiger charge is 2.33. The van der Waals surface area contributed by atoms with Crippen LogP contribution in [0.2, 0.25) is 0 Å². The molecule has 22 heavy (non-hydrogen) atoms. The molecule has 0 aromatic carbocycles. The second-order valence-corrected chi connectivity index (χ2v) is 6.35. The van der Waals surface area contributed by atoms with Gasteiger partial charge in [-0.15, -0.1) is 11.3 Å². The molecule has 0 aliphatic carbocycles. The number of thiazole rings is 1. The minimum Gasteiger partial charge on any atom is -0.381 e. The molecule has 0 radical (unpaired) electrons. The third-order valence-corrected chi connectivity index (χ3v) is 4.78. The molecule has 1 aromatic heterocycles. The number of amides is 1. The Morgan fingerprint density at radius 3 is 2.77 bits per heavy atom. The highest BCUT2D eigenvalue weighted by Crippen LogP contribution is 2.30. The molecule has 4 nitrogen and oxygen atoms in total. The number of rotatable bonds is 5. The van der Waals surface area contributed by atoms with Crippen LogP contribution in [0.5, 0.6) is 0 Å². The summed E-state index contributed by atoms with van der Waals surface area (Å²) >= 11 is 0.966. The van der Waals surface area contributed by atoms with Gasteiger partial charge in [-0.05, 0) is 18.8 Å². The lowest BCUT2D eigenvalue weighted by atomic mass is 9.87. The van der Waals surface area contributed by atoms with Gasteiger partial charge in [0.25, 0.3) is 0 Å². The summed E-state index contributed by atoms with van der Waals surface area (Å²) in [5, 5.41) is 4.16. The molecule has 124 valence electrons. The number of carbonyl (C=O) groups excluding carboxylic acids is 1. The highest BCUT2D eigenvalue weighted by molar-refractivity contribution is 7.09. The maximum atomic E-state index is 12.4. The zero-order chi connectivity index (χ0) is 16.2. The van der Waals surface area contributed by atoms with E-state index < -0.39 is 11.9 Å². The van der Waals surface area contributed by atoms with Gasteiger partial charge in [-0.3, -0.25) is 4.79 Å². The van der Waals surface area contributed by atoms with E-state index in [2.05, 4.69) is 10.3 Å². The van der Waals surface area contributed by atoms with E-state index in [0.717, 1.165) is 29.6 Å². The maximum Gasteiger partial charge on any atom is 0.434 e. The molecule has 1 aliphatic heterocycles. The Hall–Kier alpha value is -1.15. The van der Waals surface area contributed by atoms with Crippen LogP contribution < -0.4 is 5.32 Å². The molecule has 1 amide bonds. The number of nitrogens with zero attached hydrogens (tertiary/aromatic N) is 1. The Kier molecular flexibility index (Phi) is 5.80. The standard InChI is InChI=1S/C14H19F3N2O2S/c1-9(10-3-6-21-7-4-10)13(20)18-5-2-12-19-11(8-22-12)14(15,16)17/h8-10H,2-7H2,1H3,(H,18,20). The minimum atomic E-state index is -4.41. The molecule has 0 bridgehead atoms. The van der Waals surface area contributed by atoms with Gasteiger partial charge in [0.1, 0.15) is 0 Å². The average molecular weight is 336 g/mol. The third-order valence-electron chi connectivity index (χ3n) is 3.87. The first kappa shape index (κ1) is 17.2. The second-order valence-electron chi connectivity index (χ2n) is 5.40. The Bertz CT molecular complexity index is 499. The van der Waals surface area contributed by atoms with Crippen LogP contribution in [0.15, 0.2) is 5.38 Å². The maximum absolute atomic E-state index is 12.4. The van der Waals surface area contributed by atoms with Gasteiger partial charge < -0.3 is 10.1 Å². The van der Waals surface area contributed by atoms with Crippen LogP contribution in [0.3, 0.4) is 0 Å². The summed E-state index contributed by atoms with van der Waals surface area (Å²) in [5.41, 5.74) is -0.866. The van der Waals surface area contributed by atoms with E-state index in [1.54, 1.807) is 0 Å². The van der Waals surface area contributed by atoms with E-state index >= 15 is 0 Å². The molecular weight excluding hydrogens is 317 g/mol. The summed E-state index contributed by atoms with van der Waals surface area (Å²) in [6.45, 7) is 3.55. The van der Waals surface area contributed by atoms with E-state index in [1.165, 1.54) is 0 Å². The Morgan fingerprint density at radius 2 is 2.18 bits per heavy atom. The number of aromatic nitrogens is 1. The van der Waals surface area contributed by atoms with Crippen LogP contribution in [-0.4, -0.2) is 30.6 Å². The third kappa shape index (κ3) is 4.67. The molecule has 1 aliphatic rings. The summed E-state index contributed by atoms with van der Waals surface area (Å²) in [5.74, 6) is 0.149. The fraction of sp³-hybridized carbons (Fsp3) is 0.714. The summed E-state index contributed by atoms with van der Waals surface area (Å²) in [6.07, 6.45) is -2.35. The van der Waals surface area contributed by atoms with E-state index in [-0.39, 0.29) is 11.8 Å². The second kappa shape index (κ2) is 7.41. The molecule has 1 saturated heterocycles. The number of hydrogen-bond acceptors (Lipinski definition) is 4. The molecule has 8 heteroatoms. The van der Waals surface area contributed by atoms with Gasteiger partial charge in [-0.25, -0.2) is 4.98 Å². The predicted octanol–water partition coefficient (Wildman–Crippen LogP) is 2.88. The number of halogens is 3. The smallest absolute Gasteiger partial charge is 0.381 e. The molecular formula is C14H19F3N2O2S. The molecule has 2 rings (SSSR count). The zero-order valence-corrected chi connectivity index (χ0v) is 13.1. The summed E-state index contributed by atoms with van der Waals surface area (Å²) < 4.78 is 42.6. The van der Waals surface area contributed by atoms with Gasteiger partial charge >= 0.3 is 6.18 Å². The predicted molar refractivity (Wildman–Crippen MR) is 76.5 cm³/mol. The van der Waals surface area contributed by atoms with Crippen LogP contribution in [0.1, 0.15) is 30.5 Å². The van der Waals surface area contributed by atoms with Crippen molar-refractivity contribution in [1.29, 1.82) is 0 Å². The van der Waals surface area contributed by atoms with E-state index in [0.29, 0.717) is 37.1 Å². The molecule has 1 aromatic rings. The Balaban J connectivity index is 1.75. The van der Waals surface area contributed by atoms with Crippen molar-refractivity contribution in [3.05, 3.63) is 16.1 Å². The summed E-state index contributed by atoms with van der Waals surface area (Å²) in [7, 11) is 0. The molecule has 1 unspecified atom stereocenters. The quantitative estimate of drug-likeness (QED) is 0.899. The fourth-order valence-electron chi connectivity index (χ4n) is 2.44. The van der Waals surface area contributed by atoms with Crippen LogP contribution >= 0.6 is 11.3 Å². The highest BCUT2D eigenvalue weighted by atomic mass is 32.1. The van der Waals surface area contributed by atoms with Crippen molar-refractivity contribution in [3.8, 4) is 0 Å². The molecule has 1 N–H and O–H groups in total. The van der Waals surface area contributed by atoms with Gasteiger partial charge in [0, 0.05) is 37.5 Å². The van der Waals surface area contributed by atoms with Crippen LogP contribution in [0, 0.1) is 11.8 Å². The first-order valence-corrected chi connectivity index (χ1v) is 8.13. The first-order valence-electron chi connectivity index (χ1n) is 7.25. The number of nitrogens with one attached hydrogen (secondary N) is 1. The van der Waals surface area contributed by atoms with Gasteiger partial charge in [-0.1, -0.05) is 6.92 Å². The normalized spacial score (nSPS) is 18.2. The Labute approximate surface area is 131 Å². The minimum absolute atomic E-state index is 0.0560. The van der Waals surface area contributed by atoms with Crippen molar-refractivity contribution in [2.45, 2.75) is 32.4 Å². The summed E-state index contributed by atoms with van der Waals surface area (Å²) in [4.78, 5) is 15.6. The van der Waals surface area contributed by atoms with Crippen molar-refractivity contribution < 1.29 is 22.7 Å². The molecule has 2 heterocycles. The van der Waals surface area contributed by atoms with E-state index in [4.69, 9.17) is 4.74 Å². The summed E-state index contributed by atoms with van der Waals surface area (Å²) in [6, 6.07) is 0. The monoisotopic (exact) mass is 336 g/mol. The lowest BCUT2D eigenvalue weighted by Gasteiger charge is -2.26. The van der Waals surface area contributed by atoms with Crippen LogP contribution in [0.4, 0.5) is 13.2 Å². The lowest BCUT2D eigenvalue weighted by molar-refractivity contribution is -0.140. The first-order chi connectivity index (χ1) is 10.4. The SMILES string of the molecule is CC(C(=O)NCCc1nc(C(F)(F)F)cs1)C1CCOCC1. The average Bonchev–Trinajstić information content (AvgIpc) is 2.96. The van der Waals surface area contributed by atoms with Crippen molar-refractivity contribution in [2.75, 3.05) is 19.8 Å². The Morgan fingerprint density at radius 1 is 1.50 bits per heavy atom. The van der Waals surface area contributed by atoms with Crippen molar-refractivity contribution in [2.24, 2.45) is 11.8 Å². The van der Waals surface area contributed by atoms with Crippen LogP contribution in [-0.2, 0) is 22.1 Å². The number of carbonyl (C=O) groups is 1. The molecule has 0 spiro atoms. The van der Waals surface area contributed by atoms with Gasteiger partial charge in [0.2, 0.25) is 5.91 Å². The number of alkyl halides is 3. The van der Waals surface area contributed by atoms with Gasteiger partial charge in [0.15, 0.2) is 5.69 Å². The lowest BCUT2D eigenvalue weighted by Crippen LogP contribution is -2.36. The van der Waals surface area contributed by atoms with Crippen LogP contribution in [0.25, 0.3) is 0 Å². The molecule has 1 fully saturated rings. The molecule has 0 saturated carbocycles.